The molecule has 0 aliphatic heterocycles. The number of nitrogens with zero attached hydrogens (tertiary/aromatic N) is 2. The first kappa shape index (κ1) is 13.3. The second-order valence-corrected chi connectivity index (χ2v) is 4.59. The summed E-state index contributed by atoms with van der Waals surface area (Å²) in [7, 11) is 1.80. The Bertz CT molecular complexity index is 459. The predicted octanol–water partition coefficient (Wildman–Crippen LogP) is 2.69. The van der Waals surface area contributed by atoms with Crippen LogP contribution in [0.1, 0.15) is 23.6 Å². The summed E-state index contributed by atoms with van der Waals surface area (Å²) in [6.07, 6.45) is 3.55. The summed E-state index contributed by atoms with van der Waals surface area (Å²) in [5, 5.41) is 0. The number of rotatable bonds is 6. The summed E-state index contributed by atoms with van der Waals surface area (Å²) < 4.78 is 0. The molecule has 0 fully saturated rings. The molecule has 0 aliphatic rings. The molecule has 0 bridgehead atoms. The van der Waals surface area contributed by atoms with Crippen LogP contribution in [0.2, 0.25) is 0 Å². The van der Waals surface area contributed by atoms with Gasteiger partial charge < -0.3 is 4.90 Å². The Balaban J connectivity index is 2.21. The number of hydrogen-bond acceptors (Lipinski definition) is 2. The first-order valence-electron chi connectivity index (χ1n) is 6.42. The number of amides is 1. The van der Waals surface area contributed by atoms with Crippen LogP contribution in [0.15, 0.2) is 54.7 Å². The minimum absolute atomic E-state index is 0.227. The van der Waals surface area contributed by atoms with Crippen molar-refractivity contribution in [2.75, 3.05) is 13.6 Å². The number of carbonyl (C=O) groups is 1. The van der Waals surface area contributed by atoms with E-state index in [0.717, 1.165) is 25.1 Å². The third-order valence-corrected chi connectivity index (χ3v) is 3.20. The molecule has 2 aromatic rings. The Kier molecular flexibility index (Phi) is 4.67. The highest BCUT2D eigenvalue weighted by Gasteiger charge is 2.15. The molecule has 3 nitrogen and oxygen atoms in total. The zero-order valence-corrected chi connectivity index (χ0v) is 11.1. The standard InChI is InChI=1S/C16H18N2O/c1-18(13-19)12-10-15(14-7-3-2-4-8-14)16-9-5-6-11-17-16/h2-9,11,13,15H,10,12H2,1H3. The van der Waals surface area contributed by atoms with Crippen LogP contribution < -0.4 is 0 Å². The topological polar surface area (TPSA) is 33.2 Å². The maximum absolute atomic E-state index is 10.7. The highest BCUT2D eigenvalue weighted by molar-refractivity contribution is 5.46. The summed E-state index contributed by atoms with van der Waals surface area (Å²) in [6.45, 7) is 0.722. The maximum Gasteiger partial charge on any atom is 0.209 e. The molecule has 1 atom stereocenters. The van der Waals surface area contributed by atoms with E-state index in [1.807, 2.05) is 42.6 Å². The van der Waals surface area contributed by atoms with Gasteiger partial charge in [-0.3, -0.25) is 9.78 Å². The zero-order chi connectivity index (χ0) is 13.5. The summed E-state index contributed by atoms with van der Waals surface area (Å²) in [6, 6.07) is 16.3. The zero-order valence-electron chi connectivity index (χ0n) is 11.1. The predicted molar refractivity (Wildman–Crippen MR) is 75.8 cm³/mol. The van der Waals surface area contributed by atoms with Crippen LogP contribution in [0.25, 0.3) is 0 Å². The first-order valence-corrected chi connectivity index (χ1v) is 6.42. The van der Waals surface area contributed by atoms with E-state index in [2.05, 4.69) is 17.1 Å². The Hall–Kier alpha value is -2.16. The molecule has 0 aliphatic carbocycles. The summed E-state index contributed by atoms with van der Waals surface area (Å²) in [5.41, 5.74) is 2.29. The van der Waals surface area contributed by atoms with Crippen molar-refractivity contribution in [3.8, 4) is 0 Å². The van der Waals surface area contributed by atoms with Gasteiger partial charge in [-0.1, -0.05) is 36.4 Å². The maximum atomic E-state index is 10.7. The normalized spacial score (nSPS) is 11.8. The van der Waals surface area contributed by atoms with Gasteiger partial charge in [-0.05, 0) is 24.1 Å². The summed E-state index contributed by atoms with van der Waals surface area (Å²) in [5.74, 6) is 0.227. The number of carbonyl (C=O) groups excluding carboxylic acids is 1. The smallest absolute Gasteiger partial charge is 0.209 e. The summed E-state index contributed by atoms with van der Waals surface area (Å²) >= 11 is 0. The van der Waals surface area contributed by atoms with E-state index < -0.39 is 0 Å². The second-order valence-electron chi connectivity index (χ2n) is 4.59. The van der Waals surface area contributed by atoms with Crippen LogP contribution in [-0.2, 0) is 4.79 Å². The highest BCUT2D eigenvalue weighted by Crippen LogP contribution is 2.26. The fraction of sp³-hybridized carbons (Fsp3) is 0.250. The monoisotopic (exact) mass is 254 g/mol. The third-order valence-electron chi connectivity index (χ3n) is 3.20. The molecule has 1 amide bonds. The molecule has 0 radical (unpaired) electrons. The molecule has 0 saturated heterocycles. The van der Waals surface area contributed by atoms with Gasteiger partial charge in [0.15, 0.2) is 0 Å². The lowest BCUT2D eigenvalue weighted by atomic mass is 9.92. The largest absolute Gasteiger partial charge is 0.348 e. The third kappa shape index (κ3) is 3.65. The van der Waals surface area contributed by atoms with Crippen molar-refractivity contribution >= 4 is 6.41 Å². The van der Waals surface area contributed by atoms with Crippen LogP contribution in [0.3, 0.4) is 0 Å². The number of pyridine rings is 1. The second kappa shape index (κ2) is 6.69. The molecule has 98 valence electrons. The number of hydrogen-bond donors (Lipinski definition) is 0. The minimum atomic E-state index is 0.227. The molecule has 19 heavy (non-hydrogen) atoms. The van der Waals surface area contributed by atoms with E-state index in [0.29, 0.717) is 0 Å². The van der Waals surface area contributed by atoms with Gasteiger partial charge in [-0.15, -0.1) is 0 Å². The molecule has 1 aromatic carbocycles. The van der Waals surface area contributed by atoms with Crippen LogP contribution in [0, 0.1) is 0 Å². The van der Waals surface area contributed by atoms with E-state index in [9.17, 15) is 4.79 Å². The quantitative estimate of drug-likeness (QED) is 0.743. The lowest BCUT2D eigenvalue weighted by Crippen LogP contribution is -2.20. The molecule has 0 spiro atoms. The van der Waals surface area contributed by atoms with E-state index in [4.69, 9.17) is 0 Å². The Morgan fingerprint density at radius 3 is 2.53 bits per heavy atom. The Morgan fingerprint density at radius 2 is 1.89 bits per heavy atom. The van der Waals surface area contributed by atoms with Gasteiger partial charge in [0.2, 0.25) is 6.41 Å². The van der Waals surface area contributed by atoms with Gasteiger partial charge in [0, 0.05) is 31.4 Å². The summed E-state index contributed by atoms with van der Waals surface area (Å²) in [4.78, 5) is 16.8. The lowest BCUT2D eigenvalue weighted by Gasteiger charge is -2.19. The van der Waals surface area contributed by atoms with Gasteiger partial charge >= 0.3 is 0 Å². The Morgan fingerprint density at radius 1 is 1.16 bits per heavy atom. The van der Waals surface area contributed by atoms with Crippen LogP contribution in [-0.4, -0.2) is 29.9 Å². The van der Waals surface area contributed by atoms with E-state index in [1.165, 1.54) is 5.56 Å². The fourth-order valence-corrected chi connectivity index (χ4v) is 2.14. The van der Waals surface area contributed by atoms with Crippen molar-refractivity contribution in [2.24, 2.45) is 0 Å². The molecule has 1 aromatic heterocycles. The molecule has 3 heteroatoms. The number of benzene rings is 1. The van der Waals surface area contributed by atoms with Crippen molar-refractivity contribution < 1.29 is 4.79 Å². The van der Waals surface area contributed by atoms with Crippen molar-refractivity contribution in [2.45, 2.75) is 12.3 Å². The van der Waals surface area contributed by atoms with Crippen LogP contribution >= 0.6 is 0 Å². The molecule has 1 unspecified atom stereocenters. The average Bonchev–Trinajstić information content (AvgIpc) is 2.49. The highest BCUT2D eigenvalue weighted by atomic mass is 16.1. The van der Waals surface area contributed by atoms with Gasteiger partial charge in [-0.25, -0.2) is 0 Å². The molecule has 0 N–H and O–H groups in total. The number of aromatic nitrogens is 1. The average molecular weight is 254 g/mol. The lowest BCUT2D eigenvalue weighted by molar-refractivity contribution is -0.117. The Labute approximate surface area is 113 Å². The van der Waals surface area contributed by atoms with Gasteiger partial charge in [0.05, 0.1) is 0 Å². The first-order chi connectivity index (χ1) is 9.31. The molecule has 2 rings (SSSR count). The SMILES string of the molecule is CN(C=O)CCC(c1ccccc1)c1ccccn1. The molecular formula is C16H18N2O. The van der Waals surface area contributed by atoms with Gasteiger partial charge in [0.25, 0.3) is 0 Å². The van der Waals surface area contributed by atoms with Crippen LogP contribution in [0.5, 0.6) is 0 Å². The molecular weight excluding hydrogens is 236 g/mol. The minimum Gasteiger partial charge on any atom is -0.348 e. The van der Waals surface area contributed by atoms with E-state index in [1.54, 1.807) is 11.9 Å². The van der Waals surface area contributed by atoms with Crippen molar-refractivity contribution in [1.82, 2.24) is 9.88 Å². The van der Waals surface area contributed by atoms with E-state index >= 15 is 0 Å². The van der Waals surface area contributed by atoms with Crippen molar-refractivity contribution in [3.05, 3.63) is 66.0 Å². The van der Waals surface area contributed by atoms with E-state index in [-0.39, 0.29) is 5.92 Å². The van der Waals surface area contributed by atoms with Gasteiger partial charge in [0.1, 0.15) is 0 Å². The molecule has 1 heterocycles. The van der Waals surface area contributed by atoms with Crippen molar-refractivity contribution in [3.63, 3.8) is 0 Å². The fourth-order valence-electron chi connectivity index (χ4n) is 2.14. The van der Waals surface area contributed by atoms with Crippen LogP contribution in [0.4, 0.5) is 0 Å². The molecule has 0 saturated carbocycles. The van der Waals surface area contributed by atoms with Crippen molar-refractivity contribution in [1.29, 1.82) is 0 Å². The van der Waals surface area contributed by atoms with Gasteiger partial charge in [-0.2, -0.15) is 0 Å².